The molecule has 0 unspecified atom stereocenters. The summed E-state index contributed by atoms with van der Waals surface area (Å²) in [5, 5.41) is 10.1. The second-order valence-electron chi connectivity index (χ2n) is 9.79. The minimum Gasteiger partial charge on any atom is -0.497 e. The molecule has 2 heterocycles. The van der Waals surface area contributed by atoms with Gasteiger partial charge in [0, 0.05) is 36.8 Å². The number of halogens is 4. The molecule has 0 bridgehead atoms. The fraction of sp³-hybridized carbons (Fsp3) is 0.379. The van der Waals surface area contributed by atoms with E-state index in [2.05, 4.69) is 16.8 Å². The highest BCUT2D eigenvalue weighted by molar-refractivity contribution is 5.85. The zero-order valence-electron chi connectivity index (χ0n) is 21.7. The number of ether oxygens (including phenoxy) is 1. The van der Waals surface area contributed by atoms with E-state index in [1.807, 2.05) is 4.90 Å². The molecule has 1 fully saturated rings. The van der Waals surface area contributed by atoms with Gasteiger partial charge in [-0.2, -0.15) is 0 Å². The minimum absolute atomic E-state index is 0.0491. The Bertz CT molecular complexity index is 1410. The molecule has 0 saturated carbocycles. The lowest BCUT2D eigenvalue weighted by molar-refractivity contribution is -0.143. The van der Waals surface area contributed by atoms with Crippen LogP contribution in [0.2, 0.25) is 0 Å². The van der Waals surface area contributed by atoms with Crippen LogP contribution in [0.25, 0.3) is 10.9 Å². The molecule has 1 aliphatic rings. The molecule has 10 heteroatoms. The van der Waals surface area contributed by atoms with E-state index in [-0.39, 0.29) is 19.4 Å². The number of carbonyl (C=O) groups is 1. The molecular weight excluding hydrogens is 514 g/mol. The Hall–Kier alpha value is -3.68. The van der Waals surface area contributed by atoms with Crippen molar-refractivity contribution in [2.24, 2.45) is 5.41 Å². The fourth-order valence-corrected chi connectivity index (χ4v) is 5.13. The van der Waals surface area contributed by atoms with Gasteiger partial charge in [0.25, 0.3) is 0 Å². The Morgan fingerprint density at radius 1 is 1.21 bits per heavy atom. The molecule has 0 aliphatic carbocycles. The number of fused-ring (bicyclic) bond motifs is 1. The summed E-state index contributed by atoms with van der Waals surface area (Å²) in [6, 6.07) is 6.41. The first kappa shape index (κ1) is 28.3. The number of nitrogens with one attached hydrogen (secondary N) is 1. The monoisotopic (exact) mass is 543 g/mol. The van der Waals surface area contributed by atoms with Crippen LogP contribution < -0.4 is 10.2 Å². The normalized spacial score (nSPS) is 15.9. The molecule has 1 aromatic heterocycles. The second-order valence-corrected chi connectivity index (χ2v) is 9.79. The van der Waals surface area contributed by atoms with Crippen molar-refractivity contribution in [3.05, 3.63) is 70.7 Å². The van der Waals surface area contributed by atoms with Crippen LogP contribution in [-0.4, -0.2) is 47.7 Å². The molecule has 1 atom stereocenters. The first-order valence-electron chi connectivity index (χ1n) is 12.5. The average Bonchev–Trinajstić information content (AvgIpc) is 2.93. The summed E-state index contributed by atoms with van der Waals surface area (Å²) in [5.41, 5.74) is 2.06. The van der Waals surface area contributed by atoms with Gasteiger partial charge >= 0.3 is 0 Å². The SMILES string of the molecule is COc1ccc2ncc(C)c([C@H](F)CCC3(C(=O)NO)CCN(CC#Cc4c(F)cc(F)cc4F)CC3)c2c1. The quantitative estimate of drug-likeness (QED) is 0.181. The Balaban J connectivity index is 1.45. The van der Waals surface area contributed by atoms with Crippen molar-refractivity contribution in [2.75, 3.05) is 26.7 Å². The third kappa shape index (κ3) is 6.15. The number of piperidine rings is 1. The largest absolute Gasteiger partial charge is 0.497 e. The van der Waals surface area contributed by atoms with Crippen molar-refractivity contribution in [1.29, 1.82) is 0 Å². The molecule has 4 rings (SSSR count). The summed E-state index contributed by atoms with van der Waals surface area (Å²) >= 11 is 0. The van der Waals surface area contributed by atoms with E-state index in [0.717, 1.165) is 0 Å². The zero-order valence-corrected chi connectivity index (χ0v) is 21.7. The van der Waals surface area contributed by atoms with Crippen molar-refractivity contribution >= 4 is 16.8 Å². The number of hydrogen-bond acceptors (Lipinski definition) is 5. The Morgan fingerprint density at radius 3 is 2.54 bits per heavy atom. The molecule has 3 aromatic rings. The van der Waals surface area contributed by atoms with E-state index in [4.69, 9.17) is 4.74 Å². The van der Waals surface area contributed by atoms with Crippen LogP contribution >= 0.6 is 0 Å². The third-order valence-electron chi connectivity index (χ3n) is 7.42. The third-order valence-corrected chi connectivity index (χ3v) is 7.42. The molecule has 2 N–H and O–H groups in total. The van der Waals surface area contributed by atoms with E-state index in [1.165, 1.54) is 7.11 Å². The molecule has 1 saturated heterocycles. The number of aromatic nitrogens is 1. The molecule has 1 aliphatic heterocycles. The molecule has 0 spiro atoms. The van der Waals surface area contributed by atoms with Gasteiger partial charge in [-0.25, -0.2) is 23.0 Å². The van der Waals surface area contributed by atoms with E-state index in [0.29, 0.717) is 65.8 Å². The topological polar surface area (TPSA) is 74.7 Å². The lowest BCUT2D eigenvalue weighted by atomic mass is 9.73. The van der Waals surface area contributed by atoms with E-state index >= 15 is 4.39 Å². The molecule has 206 valence electrons. The molecule has 0 radical (unpaired) electrons. The Kier molecular flexibility index (Phi) is 8.73. The molecule has 1 amide bonds. The van der Waals surface area contributed by atoms with Gasteiger partial charge in [0.05, 0.1) is 30.1 Å². The number of methoxy groups -OCH3 is 1. The van der Waals surface area contributed by atoms with E-state index in [9.17, 15) is 23.2 Å². The summed E-state index contributed by atoms with van der Waals surface area (Å²) < 4.78 is 61.8. The van der Waals surface area contributed by atoms with Crippen LogP contribution in [-0.2, 0) is 4.79 Å². The van der Waals surface area contributed by atoms with Crippen LogP contribution in [0.4, 0.5) is 17.6 Å². The highest BCUT2D eigenvalue weighted by atomic mass is 19.1. The van der Waals surface area contributed by atoms with Crippen LogP contribution in [0.3, 0.4) is 0 Å². The number of aryl methyl sites for hydroxylation is 1. The summed E-state index contributed by atoms with van der Waals surface area (Å²) in [7, 11) is 1.53. The maximum Gasteiger partial charge on any atom is 0.249 e. The average molecular weight is 544 g/mol. The Labute approximate surface area is 223 Å². The van der Waals surface area contributed by atoms with Crippen molar-refractivity contribution in [1.82, 2.24) is 15.4 Å². The lowest BCUT2D eigenvalue weighted by Crippen LogP contribution is -2.48. The van der Waals surface area contributed by atoms with Gasteiger partial charge in [-0.3, -0.25) is 19.9 Å². The van der Waals surface area contributed by atoms with Crippen LogP contribution in [0.5, 0.6) is 5.75 Å². The second kappa shape index (κ2) is 12.0. The highest BCUT2D eigenvalue weighted by Gasteiger charge is 2.41. The molecule has 2 aromatic carbocycles. The van der Waals surface area contributed by atoms with Gasteiger partial charge in [0.2, 0.25) is 5.91 Å². The van der Waals surface area contributed by atoms with Crippen LogP contribution in [0, 0.1) is 41.6 Å². The standard InChI is InChI=1S/C29H29F4N3O3/c1-18-17-34-26-6-5-20(39-2)16-22(26)27(18)23(31)7-8-29(28(37)35-38)9-12-36(13-10-29)11-3-4-21-24(32)14-19(30)15-25(21)33/h5-6,14-17,23,38H,7-13H2,1-2H3,(H,35,37)/t23-/m1/s1. The number of nitrogens with zero attached hydrogens (tertiary/aromatic N) is 2. The number of benzene rings is 2. The number of hydroxylamine groups is 1. The van der Waals surface area contributed by atoms with Gasteiger partial charge in [-0.05, 0) is 61.9 Å². The number of pyridine rings is 1. The summed E-state index contributed by atoms with van der Waals surface area (Å²) in [5.74, 6) is 1.94. The highest BCUT2D eigenvalue weighted by Crippen LogP contribution is 2.41. The first-order chi connectivity index (χ1) is 18.7. The van der Waals surface area contributed by atoms with Crippen LogP contribution in [0.1, 0.15) is 48.5 Å². The molecule has 39 heavy (non-hydrogen) atoms. The van der Waals surface area contributed by atoms with Crippen LogP contribution in [0.15, 0.2) is 36.5 Å². The van der Waals surface area contributed by atoms with Gasteiger partial charge in [-0.1, -0.05) is 11.8 Å². The maximum atomic E-state index is 15.8. The van der Waals surface area contributed by atoms with E-state index < -0.39 is 40.5 Å². The summed E-state index contributed by atoms with van der Waals surface area (Å²) in [6.07, 6.45) is 1.15. The number of likely N-dealkylation sites (tertiary alicyclic amines) is 1. The number of carbonyl (C=O) groups excluding carboxylic acids is 1. The molecule has 6 nitrogen and oxygen atoms in total. The zero-order chi connectivity index (χ0) is 28.2. The maximum absolute atomic E-state index is 15.8. The first-order valence-corrected chi connectivity index (χ1v) is 12.5. The Morgan fingerprint density at radius 2 is 1.90 bits per heavy atom. The number of amides is 1. The smallest absolute Gasteiger partial charge is 0.249 e. The number of rotatable bonds is 7. The fourth-order valence-electron chi connectivity index (χ4n) is 5.13. The van der Waals surface area contributed by atoms with Crippen molar-refractivity contribution in [3.8, 4) is 17.6 Å². The lowest BCUT2D eigenvalue weighted by Gasteiger charge is -2.40. The predicted octanol–water partition coefficient (Wildman–Crippen LogP) is 5.40. The molecular formula is C29H29F4N3O3. The van der Waals surface area contributed by atoms with Gasteiger partial charge < -0.3 is 4.74 Å². The summed E-state index contributed by atoms with van der Waals surface area (Å²) in [4.78, 5) is 19.0. The van der Waals surface area contributed by atoms with Gasteiger partial charge in [0.1, 0.15) is 29.4 Å². The van der Waals surface area contributed by atoms with Crippen molar-refractivity contribution in [3.63, 3.8) is 0 Å². The minimum atomic E-state index is -1.38. The van der Waals surface area contributed by atoms with Crippen molar-refractivity contribution < 1.29 is 32.3 Å². The number of alkyl halides is 1. The van der Waals surface area contributed by atoms with E-state index in [1.54, 1.807) is 36.8 Å². The van der Waals surface area contributed by atoms with Gasteiger partial charge in [-0.15, -0.1) is 0 Å². The van der Waals surface area contributed by atoms with Crippen molar-refractivity contribution in [2.45, 2.75) is 38.8 Å². The van der Waals surface area contributed by atoms with Gasteiger partial charge in [0.15, 0.2) is 0 Å². The predicted molar refractivity (Wildman–Crippen MR) is 137 cm³/mol. The number of hydrogen-bond donors (Lipinski definition) is 2. The summed E-state index contributed by atoms with van der Waals surface area (Å²) in [6.45, 7) is 2.76.